The Bertz CT molecular complexity index is 1310. The van der Waals surface area contributed by atoms with Crippen LogP contribution in [0.1, 0.15) is 35.7 Å². The third kappa shape index (κ3) is 7.37. The first-order valence-electron chi connectivity index (χ1n) is 13.1. The van der Waals surface area contributed by atoms with Crippen molar-refractivity contribution in [2.45, 2.75) is 38.3 Å². The fourth-order valence-electron chi connectivity index (χ4n) is 4.59. The molecule has 3 aromatic carbocycles. The molecule has 0 fully saturated rings. The molecule has 0 aromatic heterocycles. The smallest absolute Gasteiger partial charge is 0.253 e. The summed E-state index contributed by atoms with van der Waals surface area (Å²) in [6.07, 6.45) is 0.841. The summed E-state index contributed by atoms with van der Waals surface area (Å²) in [4.78, 5) is 40.6. The fraction of sp³-hybridized carbons (Fsp3) is 0.323. The van der Waals surface area contributed by atoms with E-state index in [1.54, 1.807) is 25.1 Å². The van der Waals surface area contributed by atoms with Gasteiger partial charge in [0.25, 0.3) is 5.91 Å². The number of fused-ring (bicyclic) bond motifs is 4. The summed E-state index contributed by atoms with van der Waals surface area (Å²) in [7, 11) is 3.31. The lowest BCUT2D eigenvalue weighted by Crippen LogP contribution is -2.46. The largest absolute Gasteiger partial charge is 0.497 e. The molecule has 3 aromatic rings. The lowest BCUT2D eigenvalue weighted by atomic mass is 10.0. The summed E-state index contributed by atoms with van der Waals surface area (Å²) in [6.45, 7) is 2.40. The van der Waals surface area contributed by atoms with Crippen LogP contribution in [0.15, 0.2) is 72.8 Å². The summed E-state index contributed by atoms with van der Waals surface area (Å²) < 4.78 is 11.5. The van der Waals surface area contributed by atoms with Gasteiger partial charge in [-0.25, -0.2) is 0 Å². The molecule has 0 radical (unpaired) electrons. The van der Waals surface area contributed by atoms with Crippen molar-refractivity contribution in [3.8, 4) is 22.6 Å². The number of nitrogens with zero attached hydrogens (tertiary/aromatic N) is 1. The number of hydrogen-bond donors (Lipinski definition) is 2. The number of carbonyl (C=O) groups is 3. The minimum atomic E-state index is -0.379. The third-order valence-electron chi connectivity index (χ3n) is 6.82. The van der Waals surface area contributed by atoms with Crippen molar-refractivity contribution in [2.75, 3.05) is 27.3 Å². The van der Waals surface area contributed by atoms with Crippen LogP contribution in [0.5, 0.6) is 11.5 Å². The molecule has 0 saturated carbocycles. The van der Waals surface area contributed by atoms with Crippen LogP contribution < -0.4 is 20.1 Å². The monoisotopic (exact) mass is 529 g/mol. The van der Waals surface area contributed by atoms with Crippen molar-refractivity contribution in [2.24, 2.45) is 0 Å². The molecule has 4 rings (SSSR count). The van der Waals surface area contributed by atoms with Crippen LogP contribution in [0.3, 0.4) is 0 Å². The molecule has 0 spiro atoms. The number of rotatable bonds is 5. The maximum absolute atomic E-state index is 13.6. The maximum Gasteiger partial charge on any atom is 0.253 e. The Kier molecular flexibility index (Phi) is 9.20. The van der Waals surface area contributed by atoms with Crippen LogP contribution in [-0.4, -0.2) is 62.0 Å². The Morgan fingerprint density at radius 1 is 1.05 bits per heavy atom. The quantitative estimate of drug-likeness (QED) is 0.524. The Morgan fingerprint density at radius 2 is 1.82 bits per heavy atom. The summed E-state index contributed by atoms with van der Waals surface area (Å²) in [6, 6.07) is 21.7. The van der Waals surface area contributed by atoms with Crippen LogP contribution in [0, 0.1) is 0 Å². The molecule has 2 atom stereocenters. The normalized spacial score (nSPS) is 18.1. The van der Waals surface area contributed by atoms with E-state index in [2.05, 4.69) is 10.6 Å². The Hall–Kier alpha value is -4.33. The van der Waals surface area contributed by atoms with E-state index in [9.17, 15) is 14.4 Å². The zero-order valence-corrected chi connectivity index (χ0v) is 22.6. The molecule has 0 unspecified atom stereocenters. The van der Waals surface area contributed by atoms with E-state index in [0.717, 1.165) is 16.7 Å². The van der Waals surface area contributed by atoms with Gasteiger partial charge in [0.2, 0.25) is 11.8 Å². The molecule has 2 bridgehead atoms. The molecule has 1 heterocycles. The van der Waals surface area contributed by atoms with E-state index < -0.39 is 0 Å². The van der Waals surface area contributed by atoms with Crippen molar-refractivity contribution < 1.29 is 23.9 Å². The van der Waals surface area contributed by atoms with Crippen molar-refractivity contribution >= 4 is 17.7 Å². The van der Waals surface area contributed by atoms with E-state index in [0.29, 0.717) is 23.5 Å². The summed E-state index contributed by atoms with van der Waals surface area (Å²) in [5, 5.41) is 5.93. The Labute approximate surface area is 229 Å². The van der Waals surface area contributed by atoms with Gasteiger partial charge in [-0.2, -0.15) is 0 Å². The van der Waals surface area contributed by atoms with Crippen LogP contribution in [0.2, 0.25) is 0 Å². The van der Waals surface area contributed by atoms with Gasteiger partial charge in [-0.1, -0.05) is 42.5 Å². The number of likely N-dealkylation sites (N-methyl/N-ethyl adjacent to an activating group) is 1. The minimum absolute atomic E-state index is 0.138. The molecular weight excluding hydrogens is 494 g/mol. The van der Waals surface area contributed by atoms with Gasteiger partial charge in [0.1, 0.15) is 18.1 Å². The topological polar surface area (TPSA) is 97.0 Å². The summed E-state index contributed by atoms with van der Waals surface area (Å²) >= 11 is 0. The van der Waals surface area contributed by atoms with Gasteiger partial charge in [-0.05, 0) is 54.8 Å². The number of ether oxygens (including phenoxy) is 2. The predicted molar refractivity (Wildman–Crippen MR) is 150 cm³/mol. The number of methoxy groups -OCH3 is 1. The van der Waals surface area contributed by atoms with Crippen molar-refractivity contribution in [3.05, 3.63) is 83.9 Å². The third-order valence-corrected chi connectivity index (χ3v) is 6.82. The first kappa shape index (κ1) is 27.7. The number of benzene rings is 3. The predicted octanol–water partition coefficient (Wildman–Crippen LogP) is 3.84. The first-order valence-corrected chi connectivity index (χ1v) is 13.1. The van der Waals surface area contributed by atoms with Crippen LogP contribution >= 0.6 is 0 Å². The molecule has 8 nitrogen and oxygen atoms in total. The van der Waals surface area contributed by atoms with Crippen LogP contribution in [0.25, 0.3) is 11.1 Å². The average molecular weight is 530 g/mol. The second-order valence-electron chi connectivity index (χ2n) is 9.80. The van der Waals surface area contributed by atoms with Gasteiger partial charge in [0.15, 0.2) is 0 Å². The fourth-order valence-corrected chi connectivity index (χ4v) is 4.59. The SMILES string of the molecule is COc1ccc2c(c1)-c1cccc(c1)C(=O)N(C)[C@H](CNC(=O)Cc1ccccc1)CCC(=O)N[C@H](C)CO2. The van der Waals surface area contributed by atoms with Gasteiger partial charge < -0.3 is 25.0 Å². The van der Waals surface area contributed by atoms with Crippen LogP contribution in [0.4, 0.5) is 0 Å². The van der Waals surface area contributed by atoms with Gasteiger partial charge in [-0.15, -0.1) is 0 Å². The van der Waals surface area contributed by atoms with Gasteiger partial charge in [-0.3, -0.25) is 14.4 Å². The summed E-state index contributed by atoms with van der Waals surface area (Å²) in [5.41, 5.74) is 3.00. The van der Waals surface area contributed by atoms with E-state index >= 15 is 0 Å². The van der Waals surface area contributed by atoms with Gasteiger partial charge in [0, 0.05) is 37.2 Å². The van der Waals surface area contributed by atoms with E-state index in [-0.39, 0.29) is 55.8 Å². The molecule has 1 aliphatic heterocycles. The van der Waals surface area contributed by atoms with Crippen molar-refractivity contribution in [1.82, 2.24) is 15.5 Å². The average Bonchev–Trinajstić information content (AvgIpc) is 2.95. The number of amides is 3. The zero-order chi connectivity index (χ0) is 27.8. The zero-order valence-electron chi connectivity index (χ0n) is 22.6. The van der Waals surface area contributed by atoms with Crippen LogP contribution in [-0.2, 0) is 16.0 Å². The molecule has 3 amide bonds. The molecule has 39 heavy (non-hydrogen) atoms. The molecule has 2 N–H and O–H groups in total. The van der Waals surface area contributed by atoms with Gasteiger partial charge in [0.05, 0.1) is 19.6 Å². The van der Waals surface area contributed by atoms with Gasteiger partial charge >= 0.3 is 0 Å². The highest BCUT2D eigenvalue weighted by atomic mass is 16.5. The molecule has 0 saturated heterocycles. The minimum Gasteiger partial charge on any atom is -0.497 e. The second kappa shape index (κ2) is 13.0. The number of hydrogen-bond acceptors (Lipinski definition) is 5. The summed E-state index contributed by atoms with van der Waals surface area (Å²) in [5.74, 6) is 0.812. The number of carbonyl (C=O) groups excluding carboxylic acids is 3. The highest BCUT2D eigenvalue weighted by Crippen LogP contribution is 2.34. The molecule has 1 aliphatic rings. The lowest BCUT2D eigenvalue weighted by Gasteiger charge is -2.29. The first-order chi connectivity index (χ1) is 18.8. The van der Waals surface area contributed by atoms with E-state index in [4.69, 9.17) is 9.47 Å². The lowest BCUT2D eigenvalue weighted by molar-refractivity contribution is -0.122. The molecule has 204 valence electrons. The van der Waals surface area contributed by atoms with E-state index in [1.165, 1.54) is 0 Å². The van der Waals surface area contributed by atoms with Crippen molar-refractivity contribution in [3.63, 3.8) is 0 Å². The van der Waals surface area contributed by atoms with Crippen molar-refractivity contribution in [1.29, 1.82) is 0 Å². The standard InChI is InChI=1S/C31H35N3O5/c1-21-20-39-28-14-13-26(38-3)18-27(28)23-10-7-11-24(17-23)31(37)34(2)25(12-15-29(35)33-21)19-32-30(36)16-22-8-5-4-6-9-22/h4-11,13-14,17-18,21,25H,12,15-16,19-20H2,1-3H3,(H,32,36)(H,33,35)/t21-,25+/m1/s1. The van der Waals surface area contributed by atoms with E-state index in [1.807, 2.05) is 73.7 Å². The second-order valence-corrected chi connectivity index (χ2v) is 9.80. The maximum atomic E-state index is 13.6. The molecule has 0 aliphatic carbocycles. The Balaban J connectivity index is 1.60. The molecule has 8 heteroatoms. The highest BCUT2D eigenvalue weighted by Gasteiger charge is 2.24. The Morgan fingerprint density at radius 3 is 2.59 bits per heavy atom. The number of nitrogens with one attached hydrogen (secondary N) is 2. The molecular formula is C31H35N3O5. The highest BCUT2D eigenvalue weighted by molar-refractivity contribution is 5.96.